The Balaban J connectivity index is 2.40. The Hall–Kier alpha value is -1.39. The number of hydrogen-bond acceptors (Lipinski definition) is 3. The second-order valence-electron chi connectivity index (χ2n) is 4.49. The molecule has 1 aromatic heterocycles. The van der Waals surface area contributed by atoms with Crippen molar-refractivity contribution in [3.05, 3.63) is 44.4 Å². The number of aryl methyl sites for hydroxylation is 2. The van der Waals surface area contributed by atoms with Gasteiger partial charge in [-0.05, 0) is 37.0 Å². The molecule has 0 bridgehead atoms. The highest BCUT2D eigenvalue weighted by Gasteiger charge is 2.16. The van der Waals surface area contributed by atoms with E-state index in [0.717, 1.165) is 35.3 Å². The predicted molar refractivity (Wildman–Crippen MR) is 85.0 cm³/mol. The third kappa shape index (κ3) is 2.86. The van der Waals surface area contributed by atoms with E-state index in [4.69, 9.17) is 11.6 Å². The summed E-state index contributed by atoms with van der Waals surface area (Å²) in [5, 5.41) is 3.71. The van der Waals surface area contributed by atoms with Gasteiger partial charge in [0.15, 0.2) is 0 Å². The highest BCUT2D eigenvalue weighted by Crippen LogP contribution is 2.30. The first-order valence-electron chi connectivity index (χ1n) is 6.60. The molecule has 0 radical (unpaired) electrons. The van der Waals surface area contributed by atoms with Crippen LogP contribution >= 0.6 is 22.9 Å². The van der Waals surface area contributed by atoms with Crippen LogP contribution in [0.4, 0.5) is 5.69 Å². The first-order chi connectivity index (χ1) is 9.58. The Morgan fingerprint density at radius 1 is 1.35 bits per heavy atom. The van der Waals surface area contributed by atoms with Crippen LogP contribution in [0.1, 0.15) is 40.3 Å². The van der Waals surface area contributed by atoms with E-state index in [1.807, 2.05) is 26.0 Å². The summed E-state index contributed by atoms with van der Waals surface area (Å²) in [6, 6.07) is 3.86. The fraction of sp³-hybridized carbons (Fsp3) is 0.333. The van der Waals surface area contributed by atoms with Crippen LogP contribution in [0.5, 0.6) is 0 Å². The average Bonchev–Trinajstić information content (AvgIpc) is 2.85. The molecule has 1 amide bonds. The van der Waals surface area contributed by atoms with Gasteiger partial charge >= 0.3 is 0 Å². The van der Waals surface area contributed by atoms with E-state index in [0.29, 0.717) is 9.90 Å². The number of nitrogens with zero attached hydrogens (tertiary/aromatic N) is 1. The largest absolute Gasteiger partial charge is 0.321 e. The van der Waals surface area contributed by atoms with Crippen molar-refractivity contribution < 1.29 is 4.79 Å². The lowest BCUT2D eigenvalue weighted by atomic mass is 10.0. The lowest BCUT2D eigenvalue weighted by Crippen LogP contribution is -2.15. The molecule has 0 fully saturated rings. The number of rotatable bonds is 4. The predicted octanol–water partition coefficient (Wildman–Crippen LogP) is 4.48. The molecule has 0 unspecified atom stereocenters. The second-order valence-corrected chi connectivity index (χ2v) is 5.75. The number of halogens is 1. The summed E-state index contributed by atoms with van der Waals surface area (Å²) in [5.41, 5.74) is 5.37. The van der Waals surface area contributed by atoms with Gasteiger partial charge in [0.2, 0.25) is 0 Å². The molecule has 1 aromatic carbocycles. The number of anilines is 1. The number of nitrogens with one attached hydrogen (secondary N) is 1. The van der Waals surface area contributed by atoms with Gasteiger partial charge in [0.05, 0.1) is 11.2 Å². The fourth-order valence-corrected chi connectivity index (χ4v) is 3.15. The van der Waals surface area contributed by atoms with Gasteiger partial charge < -0.3 is 5.32 Å². The quantitative estimate of drug-likeness (QED) is 0.904. The zero-order valence-corrected chi connectivity index (χ0v) is 13.4. The highest BCUT2D eigenvalue weighted by molar-refractivity contribution is 7.12. The van der Waals surface area contributed by atoms with Crippen molar-refractivity contribution in [3.63, 3.8) is 0 Å². The van der Waals surface area contributed by atoms with E-state index >= 15 is 0 Å². The number of hydrogen-bond donors (Lipinski definition) is 1. The zero-order valence-electron chi connectivity index (χ0n) is 11.8. The minimum atomic E-state index is -0.114. The topological polar surface area (TPSA) is 42.0 Å². The molecule has 20 heavy (non-hydrogen) atoms. The summed E-state index contributed by atoms with van der Waals surface area (Å²) in [7, 11) is 0. The molecule has 106 valence electrons. The normalized spacial score (nSPS) is 10.6. The number of benzene rings is 1. The lowest BCUT2D eigenvalue weighted by molar-refractivity contribution is 0.102. The summed E-state index contributed by atoms with van der Waals surface area (Å²) >= 11 is 7.59. The number of thiazole rings is 1. The molecule has 2 aromatic rings. The van der Waals surface area contributed by atoms with Crippen molar-refractivity contribution >= 4 is 34.5 Å². The van der Waals surface area contributed by atoms with E-state index in [1.54, 1.807) is 5.51 Å². The number of aromatic nitrogens is 1. The van der Waals surface area contributed by atoms with E-state index in [-0.39, 0.29) is 5.91 Å². The Bertz CT molecular complexity index is 637. The molecule has 1 heterocycles. The summed E-state index contributed by atoms with van der Waals surface area (Å²) < 4.78 is 0. The van der Waals surface area contributed by atoms with Crippen molar-refractivity contribution in [2.75, 3.05) is 5.32 Å². The molecule has 0 aliphatic carbocycles. The molecular formula is C15H17ClN2OS. The van der Waals surface area contributed by atoms with Crippen LogP contribution in [0.15, 0.2) is 17.6 Å². The van der Waals surface area contributed by atoms with Crippen LogP contribution in [0.2, 0.25) is 5.02 Å². The summed E-state index contributed by atoms with van der Waals surface area (Å²) in [5.74, 6) is -0.114. The SMILES string of the molecule is CCc1ccc(Cl)c(CC)c1NC(=O)c1scnc1C. The summed E-state index contributed by atoms with van der Waals surface area (Å²) in [6.07, 6.45) is 1.63. The average molecular weight is 309 g/mol. The van der Waals surface area contributed by atoms with E-state index in [2.05, 4.69) is 17.2 Å². The van der Waals surface area contributed by atoms with Crippen LogP contribution in [-0.2, 0) is 12.8 Å². The maximum atomic E-state index is 12.4. The van der Waals surface area contributed by atoms with Crippen molar-refractivity contribution in [2.24, 2.45) is 0 Å². The smallest absolute Gasteiger partial charge is 0.267 e. The van der Waals surface area contributed by atoms with Gasteiger partial charge in [-0.15, -0.1) is 11.3 Å². The van der Waals surface area contributed by atoms with Gasteiger partial charge in [-0.1, -0.05) is 31.5 Å². The van der Waals surface area contributed by atoms with Crippen LogP contribution < -0.4 is 5.32 Å². The minimum absolute atomic E-state index is 0.114. The Morgan fingerprint density at radius 3 is 2.65 bits per heavy atom. The highest BCUT2D eigenvalue weighted by atomic mass is 35.5. The van der Waals surface area contributed by atoms with Crippen molar-refractivity contribution in [1.29, 1.82) is 0 Å². The molecule has 0 aliphatic rings. The van der Waals surface area contributed by atoms with Gasteiger partial charge in [0, 0.05) is 10.7 Å². The minimum Gasteiger partial charge on any atom is -0.321 e. The van der Waals surface area contributed by atoms with Crippen LogP contribution in [-0.4, -0.2) is 10.9 Å². The number of carbonyl (C=O) groups is 1. The molecule has 0 atom stereocenters. The van der Waals surface area contributed by atoms with E-state index in [1.165, 1.54) is 11.3 Å². The standard InChI is InChI=1S/C15H17ClN2OS/c1-4-10-6-7-12(16)11(5-2)13(10)18-15(19)14-9(3)17-8-20-14/h6-8H,4-5H2,1-3H3,(H,18,19). The first-order valence-corrected chi connectivity index (χ1v) is 7.85. The zero-order chi connectivity index (χ0) is 14.7. The van der Waals surface area contributed by atoms with Gasteiger partial charge in [0.1, 0.15) is 4.88 Å². The Labute approximate surface area is 128 Å². The summed E-state index contributed by atoms with van der Waals surface area (Å²) in [4.78, 5) is 17.1. The van der Waals surface area contributed by atoms with Gasteiger partial charge in [-0.25, -0.2) is 4.98 Å². The van der Waals surface area contributed by atoms with Crippen LogP contribution in [0.25, 0.3) is 0 Å². The second kappa shape index (κ2) is 6.37. The number of carbonyl (C=O) groups excluding carboxylic acids is 1. The molecular weight excluding hydrogens is 292 g/mol. The van der Waals surface area contributed by atoms with E-state index < -0.39 is 0 Å². The molecule has 0 aliphatic heterocycles. The Kier molecular flexibility index (Phi) is 4.78. The molecule has 0 saturated heterocycles. The van der Waals surface area contributed by atoms with Crippen molar-refractivity contribution in [2.45, 2.75) is 33.6 Å². The molecule has 2 rings (SSSR count). The monoisotopic (exact) mass is 308 g/mol. The van der Waals surface area contributed by atoms with Crippen LogP contribution in [0.3, 0.4) is 0 Å². The van der Waals surface area contributed by atoms with Gasteiger partial charge in [0.25, 0.3) is 5.91 Å². The molecule has 3 nitrogen and oxygen atoms in total. The van der Waals surface area contributed by atoms with Crippen molar-refractivity contribution in [3.8, 4) is 0 Å². The maximum absolute atomic E-state index is 12.4. The first kappa shape index (κ1) is 15.0. The molecule has 5 heteroatoms. The maximum Gasteiger partial charge on any atom is 0.267 e. The third-order valence-electron chi connectivity index (χ3n) is 3.27. The lowest BCUT2D eigenvalue weighted by Gasteiger charge is -2.15. The van der Waals surface area contributed by atoms with E-state index in [9.17, 15) is 4.79 Å². The molecule has 0 spiro atoms. The third-order valence-corrected chi connectivity index (χ3v) is 4.55. The number of amides is 1. The molecule has 0 saturated carbocycles. The van der Waals surface area contributed by atoms with Crippen molar-refractivity contribution in [1.82, 2.24) is 4.98 Å². The summed E-state index contributed by atoms with van der Waals surface area (Å²) in [6.45, 7) is 5.94. The fourth-order valence-electron chi connectivity index (χ4n) is 2.16. The van der Waals surface area contributed by atoms with Gasteiger partial charge in [-0.2, -0.15) is 0 Å². The van der Waals surface area contributed by atoms with Crippen LogP contribution in [0, 0.1) is 6.92 Å². The Morgan fingerprint density at radius 2 is 2.10 bits per heavy atom. The van der Waals surface area contributed by atoms with Gasteiger partial charge in [-0.3, -0.25) is 4.79 Å². The molecule has 1 N–H and O–H groups in total.